The summed E-state index contributed by atoms with van der Waals surface area (Å²) < 4.78 is 50.0. The monoisotopic (exact) mass is 916 g/mol. The third kappa shape index (κ3) is 10.2. The minimum atomic E-state index is -3.20. The van der Waals surface area contributed by atoms with Crippen LogP contribution < -0.4 is 5.32 Å². The number of cyclic esters (lactones) is 1. The summed E-state index contributed by atoms with van der Waals surface area (Å²) in [4.78, 5) is 63.8. The number of nitrogens with zero attached hydrogens (tertiary/aromatic N) is 3. The number of imidazole rings is 1. The highest BCUT2D eigenvalue weighted by Gasteiger charge is 2.61. The molecule has 2 N–H and O–H groups in total. The fourth-order valence-electron chi connectivity index (χ4n) is 10.5. The summed E-state index contributed by atoms with van der Waals surface area (Å²) in [7, 11) is 1.40. The van der Waals surface area contributed by atoms with E-state index < -0.39 is 89.2 Å². The van der Waals surface area contributed by atoms with E-state index in [1.165, 1.54) is 18.9 Å². The van der Waals surface area contributed by atoms with Crippen LogP contribution in [0.3, 0.4) is 0 Å². The predicted molar refractivity (Wildman–Crippen MR) is 247 cm³/mol. The van der Waals surface area contributed by atoms with Crippen molar-refractivity contribution in [3.63, 3.8) is 0 Å². The lowest BCUT2D eigenvalue weighted by Crippen LogP contribution is -2.62. The van der Waals surface area contributed by atoms with Gasteiger partial charge in [-0.3, -0.25) is 9.59 Å². The molecule has 15 heteroatoms. The molecule has 3 fully saturated rings. The number of carbonyl (C=O) groups is 4. The molecule has 66 heavy (non-hydrogen) atoms. The van der Waals surface area contributed by atoms with Gasteiger partial charge in [-0.05, 0) is 59.8 Å². The van der Waals surface area contributed by atoms with Gasteiger partial charge in [0.15, 0.2) is 17.7 Å². The van der Waals surface area contributed by atoms with Crippen LogP contribution in [0.2, 0.25) is 0 Å². The van der Waals surface area contributed by atoms with Gasteiger partial charge in [0.1, 0.15) is 18.0 Å². The number of hydrogen-bond donors (Lipinski definition) is 2. The van der Waals surface area contributed by atoms with E-state index in [4.69, 9.17) is 28.7 Å². The van der Waals surface area contributed by atoms with Crippen LogP contribution in [0.1, 0.15) is 87.5 Å². The largest absolute Gasteiger partial charge is 0.455 e. The molecule has 0 spiro atoms. The van der Waals surface area contributed by atoms with Gasteiger partial charge in [0, 0.05) is 61.7 Å². The van der Waals surface area contributed by atoms with Gasteiger partial charge in [0.05, 0.1) is 41.6 Å². The summed E-state index contributed by atoms with van der Waals surface area (Å²) in [5, 5.41) is 14.7. The van der Waals surface area contributed by atoms with Crippen LogP contribution in [0.5, 0.6) is 0 Å². The summed E-state index contributed by atoms with van der Waals surface area (Å²) in [6.07, 6.45) is -1.05. The first-order valence-corrected chi connectivity index (χ1v) is 23.3. The number of ketones is 2. The number of unbranched alkanes of at least 4 members (excludes halogenated alkanes) is 1. The number of aliphatic hydroxyl groups is 1. The number of hydrogen-bond acceptors (Lipinski definition) is 12. The second-order valence-corrected chi connectivity index (χ2v) is 18.9. The number of methoxy groups -OCH3 is 1. The molecule has 3 saturated heterocycles. The zero-order valence-corrected chi connectivity index (χ0v) is 39.9. The van der Waals surface area contributed by atoms with Gasteiger partial charge in [-0.15, -0.1) is 6.58 Å². The zero-order valence-electron chi connectivity index (χ0n) is 39.9. The van der Waals surface area contributed by atoms with Crippen LogP contribution in [-0.4, -0.2) is 123 Å². The number of esters is 1. The van der Waals surface area contributed by atoms with Gasteiger partial charge in [-0.1, -0.05) is 94.4 Å². The van der Waals surface area contributed by atoms with E-state index in [-0.39, 0.29) is 31.3 Å². The van der Waals surface area contributed by atoms with E-state index in [0.717, 1.165) is 29.4 Å². The molecule has 0 bridgehead atoms. The maximum absolute atomic E-state index is 17.1. The zero-order chi connectivity index (χ0) is 48.1. The Labute approximate surface area is 388 Å². The first kappa shape index (κ1) is 50.6. The number of ether oxygens (including phenoxy) is 5. The number of Topliss-reactive ketones (excluding diaryl/α,β-unsaturated/α-hetero) is 2. The molecule has 360 valence electrons. The number of benzene rings is 2. The molecule has 2 aromatic carbocycles. The Kier molecular flexibility index (Phi) is 16.1. The van der Waals surface area contributed by atoms with Crippen LogP contribution in [0.25, 0.3) is 22.5 Å². The molecule has 3 aromatic rings. The SMILES string of the molecule is C=CCN[C@H]1C[C@@H](C)O[C@@H](O[C@@H]2[C@@H](C)C(=O)[C@](C)(F)C(=O)O[C@H](CC)[C@@]3(C)OC(=O)N(CCCCn4cnc(-c5ccccc5)c4-c4ccccc4)C3[C@@H](C)C(=O)[C@H](C)C[C@@]2(C)OC)[C@H]1O. The van der Waals surface area contributed by atoms with Crippen molar-refractivity contribution in [2.45, 2.75) is 154 Å². The lowest BCUT2D eigenvalue weighted by Gasteiger charge is -2.46. The highest BCUT2D eigenvalue weighted by molar-refractivity contribution is 6.08. The molecule has 1 amide bonds. The van der Waals surface area contributed by atoms with Crippen LogP contribution in [0.15, 0.2) is 79.6 Å². The molecule has 1 unspecified atom stereocenters. The molecule has 1 aromatic heterocycles. The highest BCUT2D eigenvalue weighted by atomic mass is 19.1. The Morgan fingerprint density at radius 2 is 1.59 bits per heavy atom. The molecular formula is C51H69FN4O10. The number of halogens is 1. The average Bonchev–Trinajstić information content (AvgIpc) is 3.85. The normalized spacial score (nSPS) is 34.6. The standard InChI is InChI=1S/C51H69FN4O10/c1-11-25-53-37-28-32(4)63-46(42(37)58)65-45-34(6)44(59)50(8,52)47(60)64-38(12-2)51(9)43(33(5)41(57)31(3)29-49(45,7)62-10)56(48(61)66-51)27-20-19-26-55-30-54-39(35-21-15-13-16-22-35)40(55)36-23-17-14-18-24-36/h11,13-18,21-24,30-34,37-38,42-43,45-46,53,58H,1,12,19-20,25-29H2,2-10H3/t31-,32-,33+,34+,37+,38-,42+,43?,45-,46+,49-,50+,51-/m1/s1. The molecule has 13 atom stereocenters. The second kappa shape index (κ2) is 21.0. The number of aryl methyl sites for hydroxylation is 1. The lowest BCUT2D eigenvalue weighted by molar-refractivity contribution is -0.290. The predicted octanol–water partition coefficient (Wildman–Crippen LogP) is 7.51. The molecule has 6 rings (SSSR count). The van der Waals surface area contributed by atoms with E-state index in [2.05, 4.69) is 16.5 Å². The number of carbonyl (C=O) groups excluding carboxylic acids is 4. The Morgan fingerprint density at radius 3 is 2.21 bits per heavy atom. The maximum atomic E-state index is 17.1. The number of fused-ring (bicyclic) bond motifs is 1. The van der Waals surface area contributed by atoms with Gasteiger partial charge < -0.3 is 43.6 Å². The van der Waals surface area contributed by atoms with Gasteiger partial charge in [0.2, 0.25) is 0 Å². The van der Waals surface area contributed by atoms with Crippen molar-refractivity contribution >= 4 is 23.6 Å². The highest BCUT2D eigenvalue weighted by Crippen LogP contribution is 2.44. The van der Waals surface area contributed by atoms with E-state index in [9.17, 15) is 24.3 Å². The number of alkyl halides is 1. The first-order chi connectivity index (χ1) is 31.3. The summed E-state index contributed by atoms with van der Waals surface area (Å²) in [6, 6.07) is 18.6. The van der Waals surface area contributed by atoms with Crippen molar-refractivity contribution in [3.05, 3.63) is 79.6 Å². The van der Waals surface area contributed by atoms with Gasteiger partial charge in [-0.2, -0.15) is 0 Å². The molecule has 0 saturated carbocycles. The van der Waals surface area contributed by atoms with Crippen molar-refractivity contribution < 1.29 is 52.4 Å². The fourth-order valence-corrected chi connectivity index (χ4v) is 10.5. The summed E-state index contributed by atoms with van der Waals surface area (Å²) >= 11 is 0. The minimum absolute atomic E-state index is 0.0199. The molecule has 0 radical (unpaired) electrons. The van der Waals surface area contributed by atoms with E-state index in [1.807, 2.05) is 73.9 Å². The number of amides is 1. The van der Waals surface area contributed by atoms with Gasteiger partial charge in [-0.25, -0.2) is 19.0 Å². The summed E-state index contributed by atoms with van der Waals surface area (Å²) in [5.74, 6) is -5.89. The Hall–Kier alpha value is -4.80. The topological polar surface area (TPSA) is 168 Å². The van der Waals surface area contributed by atoms with Crippen molar-refractivity contribution in [2.75, 3.05) is 20.2 Å². The molecule has 3 aliphatic rings. The molecule has 14 nitrogen and oxygen atoms in total. The Bertz CT molecular complexity index is 2170. The Balaban J connectivity index is 1.30. The Morgan fingerprint density at radius 1 is 0.955 bits per heavy atom. The van der Waals surface area contributed by atoms with Gasteiger partial charge >= 0.3 is 12.1 Å². The lowest BCUT2D eigenvalue weighted by atomic mass is 9.73. The summed E-state index contributed by atoms with van der Waals surface area (Å²) in [5.41, 5.74) is -2.48. The second-order valence-electron chi connectivity index (χ2n) is 18.9. The van der Waals surface area contributed by atoms with E-state index >= 15 is 4.39 Å². The third-order valence-corrected chi connectivity index (χ3v) is 14.1. The van der Waals surface area contributed by atoms with Crippen molar-refractivity contribution in [1.29, 1.82) is 0 Å². The van der Waals surface area contributed by atoms with E-state index in [1.54, 1.807) is 40.7 Å². The molecule has 4 heterocycles. The van der Waals surface area contributed by atoms with Gasteiger partial charge in [0.25, 0.3) is 5.67 Å². The van der Waals surface area contributed by atoms with E-state index in [0.29, 0.717) is 32.4 Å². The quantitative estimate of drug-likeness (QED) is 0.0709. The van der Waals surface area contributed by atoms with Crippen LogP contribution >= 0.6 is 0 Å². The number of nitrogens with one attached hydrogen (secondary N) is 1. The smallest absolute Gasteiger partial charge is 0.410 e. The first-order valence-electron chi connectivity index (χ1n) is 23.3. The fraction of sp³-hybridized carbons (Fsp3) is 0.588. The van der Waals surface area contributed by atoms with Crippen molar-refractivity contribution in [1.82, 2.24) is 19.8 Å². The molecule has 3 aliphatic heterocycles. The summed E-state index contributed by atoms with van der Waals surface area (Å²) in [6.45, 7) is 17.4. The van der Waals surface area contributed by atoms with Crippen molar-refractivity contribution in [3.8, 4) is 22.5 Å². The average molecular weight is 917 g/mol. The third-order valence-electron chi connectivity index (χ3n) is 14.1. The minimum Gasteiger partial charge on any atom is -0.455 e. The number of aromatic nitrogens is 2. The maximum Gasteiger partial charge on any atom is 0.410 e. The number of rotatable bonds is 14. The van der Waals surface area contributed by atoms with Crippen LogP contribution in [-0.2, 0) is 44.6 Å². The molecular weight excluding hydrogens is 848 g/mol. The van der Waals surface area contributed by atoms with Crippen LogP contribution in [0, 0.1) is 17.8 Å². The van der Waals surface area contributed by atoms with Crippen molar-refractivity contribution in [2.24, 2.45) is 17.8 Å². The number of aliphatic hydroxyl groups excluding tert-OH is 1. The molecule has 0 aliphatic carbocycles. The van der Waals surface area contributed by atoms with Crippen LogP contribution in [0.4, 0.5) is 9.18 Å².